The Bertz CT molecular complexity index is 824. The van der Waals surface area contributed by atoms with Crippen molar-refractivity contribution >= 4 is 17.5 Å². The van der Waals surface area contributed by atoms with E-state index in [0.717, 1.165) is 18.4 Å². The van der Waals surface area contributed by atoms with Gasteiger partial charge < -0.3 is 24.8 Å². The minimum atomic E-state index is -0.416. The van der Waals surface area contributed by atoms with Gasteiger partial charge in [0.25, 0.3) is 11.8 Å². The number of hydrogen-bond acceptors (Lipinski definition) is 5. The van der Waals surface area contributed by atoms with Gasteiger partial charge in [0.1, 0.15) is 17.6 Å². The number of methoxy groups -OCH3 is 2. The van der Waals surface area contributed by atoms with Gasteiger partial charge in [-0.1, -0.05) is 6.07 Å². The maximum atomic E-state index is 12.5. The van der Waals surface area contributed by atoms with Gasteiger partial charge in [-0.05, 0) is 48.7 Å². The fraction of sp³-hybridized carbons (Fsp3) is 0.333. The van der Waals surface area contributed by atoms with Crippen LogP contribution < -0.4 is 20.1 Å². The molecular weight excluding hydrogens is 360 g/mol. The highest BCUT2D eigenvalue weighted by atomic mass is 16.5. The van der Waals surface area contributed by atoms with Crippen molar-refractivity contribution in [2.75, 3.05) is 26.1 Å². The molecule has 1 atom stereocenters. The van der Waals surface area contributed by atoms with Gasteiger partial charge in [-0.2, -0.15) is 0 Å². The molecule has 2 N–H and O–H groups in total. The Balaban J connectivity index is 1.62. The third-order valence-electron chi connectivity index (χ3n) is 4.48. The van der Waals surface area contributed by atoms with E-state index in [1.54, 1.807) is 44.6 Å². The number of nitrogens with one attached hydrogen (secondary N) is 2. The summed E-state index contributed by atoms with van der Waals surface area (Å²) in [6.07, 6.45) is 1.19. The Morgan fingerprint density at radius 1 is 1.11 bits per heavy atom. The van der Waals surface area contributed by atoms with Crippen molar-refractivity contribution in [1.29, 1.82) is 0 Å². The summed E-state index contributed by atoms with van der Waals surface area (Å²) in [5.74, 6) is 0.887. The normalized spacial score (nSPS) is 15.7. The summed E-state index contributed by atoms with van der Waals surface area (Å²) < 4.78 is 15.9. The van der Waals surface area contributed by atoms with E-state index >= 15 is 0 Å². The quantitative estimate of drug-likeness (QED) is 0.767. The van der Waals surface area contributed by atoms with Gasteiger partial charge in [0.05, 0.1) is 14.2 Å². The minimum Gasteiger partial charge on any atom is -0.497 e. The molecule has 0 bridgehead atoms. The topological polar surface area (TPSA) is 85.9 Å². The highest BCUT2D eigenvalue weighted by Crippen LogP contribution is 2.22. The molecule has 1 saturated heterocycles. The molecule has 28 heavy (non-hydrogen) atoms. The maximum absolute atomic E-state index is 12.5. The lowest BCUT2D eigenvalue weighted by molar-refractivity contribution is -0.124. The van der Waals surface area contributed by atoms with Crippen LogP contribution in [0.5, 0.6) is 11.5 Å². The number of benzene rings is 2. The average molecular weight is 384 g/mol. The molecule has 2 aromatic rings. The van der Waals surface area contributed by atoms with Gasteiger partial charge >= 0.3 is 0 Å². The molecule has 1 fully saturated rings. The molecule has 0 aliphatic carbocycles. The van der Waals surface area contributed by atoms with Crippen LogP contribution in [-0.4, -0.2) is 38.7 Å². The van der Waals surface area contributed by atoms with Gasteiger partial charge in [-0.15, -0.1) is 0 Å². The van der Waals surface area contributed by atoms with Crippen LogP contribution in [0.4, 0.5) is 5.69 Å². The molecule has 1 aliphatic rings. The fourth-order valence-electron chi connectivity index (χ4n) is 3.00. The Hall–Kier alpha value is -3.06. The first-order valence-corrected chi connectivity index (χ1v) is 9.11. The summed E-state index contributed by atoms with van der Waals surface area (Å²) in [6.45, 7) is 0.925. The zero-order chi connectivity index (χ0) is 19.9. The molecule has 1 aliphatic heterocycles. The summed E-state index contributed by atoms with van der Waals surface area (Å²) >= 11 is 0. The van der Waals surface area contributed by atoms with Crippen LogP contribution in [0.3, 0.4) is 0 Å². The zero-order valence-corrected chi connectivity index (χ0v) is 16.0. The lowest BCUT2D eigenvalue weighted by Gasteiger charge is -2.12. The number of anilines is 1. The fourth-order valence-corrected chi connectivity index (χ4v) is 3.00. The van der Waals surface area contributed by atoms with Crippen molar-refractivity contribution in [2.24, 2.45) is 0 Å². The second kappa shape index (κ2) is 9.23. The Labute approximate surface area is 164 Å². The van der Waals surface area contributed by atoms with Gasteiger partial charge in [0.15, 0.2) is 0 Å². The highest BCUT2D eigenvalue weighted by Gasteiger charge is 2.23. The lowest BCUT2D eigenvalue weighted by atomic mass is 10.1. The Kier molecular flexibility index (Phi) is 6.49. The van der Waals surface area contributed by atoms with Crippen LogP contribution in [0.1, 0.15) is 28.8 Å². The third-order valence-corrected chi connectivity index (χ3v) is 4.48. The van der Waals surface area contributed by atoms with E-state index in [1.165, 1.54) is 0 Å². The average Bonchev–Trinajstić information content (AvgIpc) is 3.27. The first kappa shape index (κ1) is 19.7. The third kappa shape index (κ3) is 5.01. The molecule has 0 radical (unpaired) electrons. The van der Waals surface area contributed by atoms with Gasteiger partial charge in [-0.3, -0.25) is 9.59 Å². The Morgan fingerprint density at radius 3 is 2.50 bits per heavy atom. The zero-order valence-electron chi connectivity index (χ0n) is 16.0. The standard InChI is InChI=1S/C21H24N2O5/c1-26-17-9-14(10-18(12-17)27-2)13-22-20(24)15-5-3-6-16(11-15)23-21(25)19-7-4-8-28-19/h3,5-6,9-12,19H,4,7-8,13H2,1-2H3,(H,22,24)(H,23,25). The van der Waals surface area contributed by atoms with Gasteiger partial charge in [0, 0.05) is 30.5 Å². The molecule has 2 amide bonds. The highest BCUT2D eigenvalue weighted by molar-refractivity contribution is 5.98. The monoisotopic (exact) mass is 384 g/mol. The van der Waals surface area contributed by atoms with Crippen molar-refractivity contribution in [3.63, 3.8) is 0 Å². The van der Waals surface area contributed by atoms with Crippen LogP contribution in [0.25, 0.3) is 0 Å². The van der Waals surface area contributed by atoms with Crippen molar-refractivity contribution < 1.29 is 23.8 Å². The van der Waals surface area contributed by atoms with E-state index < -0.39 is 6.10 Å². The Morgan fingerprint density at radius 2 is 1.86 bits per heavy atom. The molecule has 0 spiro atoms. The number of rotatable bonds is 7. The minimum absolute atomic E-state index is 0.182. The number of hydrogen-bond donors (Lipinski definition) is 2. The molecular formula is C21H24N2O5. The van der Waals surface area contributed by atoms with E-state index in [2.05, 4.69) is 10.6 Å². The van der Waals surface area contributed by atoms with Crippen molar-refractivity contribution in [3.8, 4) is 11.5 Å². The molecule has 1 unspecified atom stereocenters. The molecule has 7 nitrogen and oxygen atoms in total. The largest absolute Gasteiger partial charge is 0.497 e. The van der Waals surface area contributed by atoms with Gasteiger partial charge in [-0.25, -0.2) is 0 Å². The number of amides is 2. The molecule has 0 aromatic heterocycles. The summed E-state index contributed by atoms with van der Waals surface area (Å²) in [5.41, 5.74) is 1.88. The van der Waals surface area contributed by atoms with E-state index in [0.29, 0.717) is 35.9 Å². The van der Waals surface area contributed by atoms with Crippen LogP contribution in [0, 0.1) is 0 Å². The first-order valence-electron chi connectivity index (χ1n) is 9.11. The molecule has 3 rings (SSSR count). The SMILES string of the molecule is COc1cc(CNC(=O)c2cccc(NC(=O)C3CCCO3)c2)cc(OC)c1. The van der Waals surface area contributed by atoms with Crippen LogP contribution >= 0.6 is 0 Å². The summed E-state index contributed by atoms with van der Waals surface area (Å²) in [5, 5.41) is 5.67. The van der Waals surface area contributed by atoms with E-state index in [4.69, 9.17) is 14.2 Å². The first-order chi connectivity index (χ1) is 13.6. The van der Waals surface area contributed by atoms with Crippen LogP contribution in [0.15, 0.2) is 42.5 Å². The molecule has 7 heteroatoms. The van der Waals surface area contributed by atoms with E-state index in [1.807, 2.05) is 12.1 Å². The molecule has 148 valence electrons. The van der Waals surface area contributed by atoms with Crippen molar-refractivity contribution in [3.05, 3.63) is 53.6 Å². The molecule has 2 aromatic carbocycles. The number of carbonyl (C=O) groups excluding carboxylic acids is 2. The second-order valence-electron chi connectivity index (χ2n) is 6.48. The maximum Gasteiger partial charge on any atom is 0.253 e. The van der Waals surface area contributed by atoms with E-state index in [9.17, 15) is 9.59 Å². The molecule has 0 saturated carbocycles. The second-order valence-corrected chi connectivity index (χ2v) is 6.48. The van der Waals surface area contributed by atoms with Crippen molar-refractivity contribution in [1.82, 2.24) is 5.32 Å². The summed E-state index contributed by atoms with van der Waals surface area (Å²) in [7, 11) is 3.15. The van der Waals surface area contributed by atoms with Crippen LogP contribution in [0.2, 0.25) is 0 Å². The summed E-state index contributed by atoms with van der Waals surface area (Å²) in [6, 6.07) is 12.3. The summed E-state index contributed by atoms with van der Waals surface area (Å²) in [4.78, 5) is 24.7. The number of ether oxygens (including phenoxy) is 3. The molecule has 1 heterocycles. The smallest absolute Gasteiger partial charge is 0.253 e. The van der Waals surface area contributed by atoms with E-state index in [-0.39, 0.29) is 11.8 Å². The van der Waals surface area contributed by atoms with Gasteiger partial charge in [0.2, 0.25) is 0 Å². The predicted molar refractivity (Wildman–Crippen MR) is 105 cm³/mol. The lowest BCUT2D eigenvalue weighted by Crippen LogP contribution is -2.27. The van der Waals surface area contributed by atoms with Crippen LogP contribution in [-0.2, 0) is 16.1 Å². The predicted octanol–water partition coefficient (Wildman–Crippen LogP) is 2.75. The number of carbonyl (C=O) groups is 2. The van der Waals surface area contributed by atoms with Crippen molar-refractivity contribution in [2.45, 2.75) is 25.5 Å².